The van der Waals surface area contributed by atoms with Crippen LogP contribution in [-0.2, 0) is 0 Å². The summed E-state index contributed by atoms with van der Waals surface area (Å²) < 4.78 is 2.14. The van der Waals surface area contributed by atoms with Crippen LogP contribution in [0.15, 0.2) is 42.0 Å². The van der Waals surface area contributed by atoms with Gasteiger partial charge >= 0.3 is 0 Å². The topological polar surface area (TPSA) is 47.2 Å². The summed E-state index contributed by atoms with van der Waals surface area (Å²) >= 11 is 0. The molecular weight excluding hydrogens is 226 g/mol. The van der Waals surface area contributed by atoms with Gasteiger partial charge in [-0.15, -0.1) is 0 Å². The summed E-state index contributed by atoms with van der Waals surface area (Å²) in [5.41, 5.74) is 3.02. The molecule has 4 nitrogen and oxygen atoms in total. The molecule has 1 aliphatic rings. The third kappa shape index (κ3) is 1.56. The van der Waals surface area contributed by atoms with Crippen molar-refractivity contribution >= 4 is 0 Å². The van der Waals surface area contributed by atoms with Gasteiger partial charge in [0.05, 0.1) is 29.8 Å². The maximum Gasteiger partial charge on any atom is 0.0993 e. The molecule has 0 radical (unpaired) electrons. The fraction of sp³-hybridized carbons (Fsp3) is 0.357. The Morgan fingerprint density at radius 1 is 1.39 bits per heavy atom. The number of rotatable bonds is 3. The summed E-state index contributed by atoms with van der Waals surface area (Å²) in [6.07, 6.45) is 4.40. The van der Waals surface area contributed by atoms with E-state index in [4.69, 9.17) is 0 Å². The van der Waals surface area contributed by atoms with E-state index in [1.54, 1.807) is 0 Å². The lowest BCUT2D eigenvalue weighted by Crippen LogP contribution is -2.22. The SMILES string of the molecule is CC(C)(CC1c2ccccc2-c2cncn21)N=O. The molecule has 1 aromatic carbocycles. The maximum atomic E-state index is 10.9. The molecule has 0 bridgehead atoms. The Morgan fingerprint density at radius 2 is 2.17 bits per heavy atom. The Hall–Kier alpha value is -1.97. The number of hydrogen-bond acceptors (Lipinski definition) is 3. The highest BCUT2D eigenvalue weighted by atomic mass is 16.3. The van der Waals surface area contributed by atoms with Crippen molar-refractivity contribution < 1.29 is 0 Å². The minimum atomic E-state index is -0.566. The Labute approximate surface area is 106 Å². The molecule has 2 heterocycles. The van der Waals surface area contributed by atoms with Crippen molar-refractivity contribution in [1.82, 2.24) is 9.55 Å². The summed E-state index contributed by atoms with van der Waals surface area (Å²) in [7, 11) is 0. The molecule has 0 aliphatic carbocycles. The lowest BCUT2D eigenvalue weighted by molar-refractivity contribution is 0.401. The largest absolute Gasteiger partial charge is 0.323 e. The highest BCUT2D eigenvalue weighted by molar-refractivity contribution is 5.68. The average molecular weight is 241 g/mol. The zero-order valence-electron chi connectivity index (χ0n) is 10.5. The summed E-state index contributed by atoms with van der Waals surface area (Å²) in [5, 5.41) is 3.23. The van der Waals surface area contributed by atoms with Crippen LogP contribution in [0.5, 0.6) is 0 Å². The van der Waals surface area contributed by atoms with Crippen LogP contribution in [0, 0.1) is 4.91 Å². The molecule has 3 rings (SSSR count). The highest BCUT2D eigenvalue weighted by Gasteiger charge is 2.33. The lowest BCUT2D eigenvalue weighted by atomic mass is 9.91. The molecular formula is C14H15N3O. The van der Waals surface area contributed by atoms with Crippen molar-refractivity contribution in [3.63, 3.8) is 0 Å². The van der Waals surface area contributed by atoms with Crippen LogP contribution in [0.3, 0.4) is 0 Å². The van der Waals surface area contributed by atoms with Crippen molar-refractivity contribution in [2.45, 2.75) is 31.8 Å². The van der Waals surface area contributed by atoms with Crippen LogP contribution in [0.2, 0.25) is 0 Å². The van der Waals surface area contributed by atoms with E-state index in [2.05, 4.69) is 26.9 Å². The number of benzene rings is 1. The summed E-state index contributed by atoms with van der Waals surface area (Å²) in [6, 6.07) is 8.44. The standard InChI is InChI=1S/C14H15N3O/c1-14(2,16-18)7-12-10-5-3-4-6-11(10)13-8-15-9-17(12)13/h3-6,8-9,12H,7H2,1-2H3. The van der Waals surface area contributed by atoms with Gasteiger partial charge in [0.2, 0.25) is 0 Å². The van der Waals surface area contributed by atoms with Gasteiger partial charge in [-0.1, -0.05) is 29.4 Å². The smallest absolute Gasteiger partial charge is 0.0993 e. The van der Waals surface area contributed by atoms with Crippen LogP contribution >= 0.6 is 0 Å². The number of imidazole rings is 1. The molecule has 0 spiro atoms. The van der Waals surface area contributed by atoms with Crippen LogP contribution in [0.1, 0.15) is 31.9 Å². The van der Waals surface area contributed by atoms with Gasteiger partial charge in [0.15, 0.2) is 0 Å². The first-order valence-corrected chi connectivity index (χ1v) is 6.08. The Kier molecular flexibility index (Phi) is 2.33. The average Bonchev–Trinajstić information content (AvgIpc) is 2.93. The van der Waals surface area contributed by atoms with Crippen molar-refractivity contribution in [2.24, 2.45) is 5.18 Å². The maximum absolute atomic E-state index is 10.9. The van der Waals surface area contributed by atoms with Gasteiger partial charge in [-0.3, -0.25) is 0 Å². The molecule has 4 heteroatoms. The lowest BCUT2D eigenvalue weighted by Gasteiger charge is -2.22. The monoisotopic (exact) mass is 241 g/mol. The first-order valence-electron chi connectivity index (χ1n) is 6.08. The van der Waals surface area contributed by atoms with Crippen LogP contribution < -0.4 is 0 Å². The van der Waals surface area contributed by atoms with E-state index in [0.29, 0.717) is 6.42 Å². The molecule has 1 atom stereocenters. The molecule has 18 heavy (non-hydrogen) atoms. The van der Waals surface area contributed by atoms with Gasteiger partial charge in [-0.25, -0.2) is 4.98 Å². The number of fused-ring (bicyclic) bond motifs is 3. The van der Waals surface area contributed by atoms with Gasteiger partial charge in [-0.2, -0.15) is 4.91 Å². The van der Waals surface area contributed by atoms with E-state index in [9.17, 15) is 4.91 Å². The molecule has 0 amide bonds. The normalized spacial score (nSPS) is 17.3. The highest BCUT2D eigenvalue weighted by Crippen LogP contribution is 2.42. The molecule has 1 aliphatic heterocycles. The molecule has 0 saturated carbocycles. The van der Waals surface area contributed by atoms with Crippen LogP contribution in [0.25, 0.3) is 11.3 Å². The zero-order chi connectivity index (χ0) is 12.8. The summed E-state index contributed by atoms with van der Waals surface area (Å²) in [4.78, 5) is 15.1. The number of aromatic nitrogens is 2. The van der Waals surface area contributed by atoms with Crippen LogP contribution in [0.4, 0.5) is 0 Å². The second-order valence-electron chi connectivity index (χ2n) is 5.40. The first-order chi connectivity index (χ1) is 8.62. The Morgan fingerprint density at radius 3 is 2.94 bits per heavy atom. The van der Waals surface area contributed by atoms with E-state index in [1.807, 2.05) is 38.5 Å². The minimum Gasteiger partial charge on any atom is -0.323 e. The molecule has 0 fully saturated rings. The second kappa shape index (κ2) is 3.77. The quantitative estimate of drug-likeness (QED) is 0.773. The molecule has 2 aromatic rings. The fourth-order valence-corrected chi connectivity index (χ4v) is 2.65. The Bertz CT molecular complexity index is 601. The zero-order valence-corrected chi connectivity index (χ0v) is 10.5. The molecule has 1 aromatic heterocycles. The summed E-state index contributed by atoms with van der Waals surface area (Å²) in [6.45, 7) is 3.75. The number of nitroso groups, excluding NO2 is 1. The van der Waals surface area contributed by atoms with E-state index in [1.165, 1.54) is 11.1 Å². The predicted octanol–water partition coefficient (Wildman–Crippen LogP) is 3.39. The molecule has 0 N–H and O–H groups in total. The molecule has 92 valence electrons. The summed E-state index contributed by atoms with van der Waals surface area (Å²) in [5.74, 6) is 0. The number of hydrogen-bond donors (Lipinski definition) is 0. The molecule has 1 unspecified atom stereocenters. The third-order valence-corrected chi connectivity index (χ3v) is 3.54. The van der Waals surface area contributed by atoms with E-state index in [0.717, 1.165) is 5.69 Å². The first kappa shape index (κ1) is 11.1. The van der Waals surface area contributed by atoms with E-state index in [-0.39, 0.29) is 6.04 Å². The molecule has 0 saturated heterocycles. The van der Waals surface area contributed by atoms with E-state index < -0.39 is 5.54 Å². The van der Waals surface area contributed by atoms with Crippen molar-refractivity contribution in [1.29, 1.82) is 0 Å². The predicted molar refractivity (Wildman–Crippen MR) is 70.3 cm³/mol. The van der Waals surface area contributed by atoms with Crippen molar-refractivity contribution in [3.05, 3.63) is 47.3 Å². The van der Waals surface area contributed by atoms with Gasteiger partial charge in [0.1, 0.15) is 0 Å². The third-order valence-electron chi connectivity index (χ3n) is 3.54. The van der Waals surface area contributed by atoms with Crippen LogP contribution in [-0.4, -0.2) is 15.1 Å². The van der Waals surface area contributed by atoms with Crippen molar-refractivity contribution in [3.8, 4) is 11.3 Å². The second-order valence-corrected chi connectivity index (χ2v) is 5.40. The minimum absolute atomic E-state index is 0.159. The number of nitrogens with zero attached hydrogens (tertiary/aromatic N) is 3. The fourth-order valence-electron chi connectivity index (χ4n) is 2.65. The van der Waals surface area contributed by atoms with Crippen molar-refractivity contribution in [2.75, 3.05) is 0 Å². The van der Waals surface area contributed by atoms with Gasteiger partial charge < -0.3 is 4.57 Å². The van der Waals surface area contributed by atoms with Gasteiger partial charge in [0, 0.05) is 12.0 Å². The van der Waals surface area contributed by atoms with Gasteiger partial charge in [0.25, 0.3) is 0 Å². The van der Waals surface area contributed by atoms with Gasteiger partial charge in [-0.05, 0) is 19.4 Å². The van der Waals surface area contributed by atoms with E-state index >= 15 is 0 Å². The Balaban J connectivity index is 2.09.